The van der Waals surface area contributed by atoms with Crippen LogP contribution in [-0.4, -0.2) is 38.4 Å². The number of ether oxygens (including phenoxy) is 4. The van der Waals surface area contributed by atoms with E-state index in [9.17, 15) is 0 Å². The summed E-state index contributed by atoms with van der Waals surface area (Å²) in [6.45, 7) is 17.3. The largest absolute Gasteiger partial charge is 0.0623 e. The van der Waals surface area contributed by atoms with Gasteiger partial charge >= 0.3 is 34.5 Å². The Bertz CT molecular complexity index is 2270. The number of aryl methyl sites for hydroxylation is 8. The molecule has 0 radical (unpaired) electrons. The van der Waals surface area contributed by atoms with Gasteiger partial charge in [-0.3, -0.25) is 0 Å². The van der Waals surface area contributed by atoms with E-state index in [2.05, 4.69) is 140 Å². The number of hydrogen-bond acceptors (Lipinski definition) is 6. The summed E-state index contributed by atoms with van der Waals surface area (Å²) in [6.07, 6.45) is 0. The SMILES string of the molecule is COc1cc(P(c2cc(C)cc(C)c2)c2cc(C)cc(C)c2)c(-c2c(P(c3cc(C)cc(C)c3)c3cc(C)cc(C)c3)cc(OC)nc2OC)c(OC)n1.[Cl][Ru][Cl].c1ccccc1. The maximum absolute atomic E-state index is 6.29. The van der Waals surface area contributed by atoms with Gasteiger partial charge in [0.2, 0.25) is 23.5 Å². The number of aromatic nitrogens is 2. The smallest absolute Gasteiger partial charge is 0.0623 e. The first-order valence-electron chi connectivity index (χ1n) is 20.3. The van der Waals surface area contributed by atoms with Gasteiger partial charge in [-0.05, 0) is 92.5 Å². The number of hydrogen-bond donors (Lipinski definition) is 0. The van der Waals surface area contributed by atoms with Gasteiger partial charge in [-0.1, -0.05) is 154 Å². The Labute approximate surface area is 392 Å². The Balaban J connectivity index is 0.000000748. The molecule has 0 unspecified atom stereocenters. The van der Waals surface area contributed by atoms with Crippen molar-refractivity contribution in [1.29, 1.82) is 0 Å². The average molecular weight is 1010 g/mol. The van der Waals surface area contributed by atoms with Crippen molar-refractivity contribution in [1.82, 2.24) is 9.97 Å². The second-order valence-electron chi connectivity index (χ2n) is 15.4. The van der Waals surface area contributed by atoms with Gasteiger partial charge in [0.1, 0.15) is 0 Å². The standard InChI is InChI=1S/C46H50N2O4P2.C6H6.2ClH.Ru/c1-27-13-28(2)18-35(17-27)53(36-19-29(3)14-30(4)20-36)39-25-41(49-9)47-45(51-11)43(39)44-40(26-42(50-10)48-46(44)52-12)54(37-21-31(5)15-32(6)22-37)38-23-33(7)16-34(8)24-38;1-2-4-6-5-3-1;;;/h13-26H,1-12H3;1-6H;2*1H;/q;;;;+2/p-2. The van der Waals surface area contributed by atoms with E-state index >= 15 is 0 Å². The molecule has 2 aromatic heterocycles. The first-order chi connectivity index (χ1) is 30.2. The summed E-state index contributed by atoms with van der Waals surface area (Å²) >= 11 is -0.346. The van der Waals surface area contributed by atoms with Crippen LogP contribution < -0.4 is 50.8 Å². The Hall–Kier alpha value is -4.34. The molecule has 6 nitrogen and oxygen atoms in total. The van der Waals surface area contributed by atoms with E-state index in [1.165, 1.54) is 65.7 Å². The average Bonchev–Trinajstić information content (AvgIpc) is 3.23. The van der Waals surface area contributed by atoms with Crippen molar-refractivity contribution in [3.05, 3.63) is 166 Å². The van der Waals surface area contributed by atoms with Crippen LogP contribution in [0.1, 0.15) is 44.5 Å². The minimum Gasteiger partial charge on any atom is -0.0623 e. The molecular formula is C52H56Cl2N2O4P2Ru. The Morgan fingerprint density at radius 3 is 0.778 bits per heavy atom. The zero-order chi connectivity index (χ0) is 45.8. The summed E-state index contributed by atoms with van der Waals surface area (Å²) in [7, 11) is 14.0. The molecule has 0 fully saturated rings. The fraction of sp³-hybridized carbons (Fsp3) is 0.231. The summed E-state index contributed by atoms with van der Waals surface area (Å²) in [5.41, 5.74) is 11.3. The molecule has 63 heavy (non-hydrogen) atoms. The summed E-state index contributed by atoms with van der Waals surface area (Å²) in [4.78, 5) is 9.93. The maximum atomic E-state index is 6.29. The molecule has 0 aliphatic carbocycles. The number of halogens is 2. The third-order valence-electron chi connectivity index (χ3n) is 9.95. The molecule has 330 valence electrons. The quantitative estimate of drug-likeness (QED) is 0.0950. The number of benzene rings is 5. The van der Waals surface area contributed by atoms with Crippen molar-refractivity contribution < 1.29 is 34.1 Å². The van der Waals surface area contributed by atoms with Crippen LogP contribution >= 0.6 is 35.2 Å². The van der Waals surface area contributed by atoms with Gasteiger partial charge in [0.25, 0.3) is 0 Å². The molecule has 0 aliphatic heterocycles. The first-order valence-corrected chi connectivity index (χ1v) is 27.4. The van der Waals surface area contributed by atoms with E-state index in [1.807, 2.05) is 36.4 Å². The predicted octanol–water partition coefficient (Wildman–Crippen LogP) is 11.2. The minimum absolute atomic E-state index is 0.346. The van der Waals surface area contributed by atoms with Gasteiger partial charge in [0.05, 0.1) is 39.6 Å². The van der Waals surface area contributed by atoms with Gasteiger partial charge < -0.3 is 18.9 Å². The normalized spacial score (nSPS) is 10.8. The number of methoxy groups -OCH3 is 4. The number of pyridine rings is 2. The number of rotatable bonds is 11. The summed E-state index contributed by atoms with van der Waals surface area (Å²) in [5.74, 6) is 1.82. The molecule has 0 saturated carbocycles. The third kappa shape index (κ3) is 12.9. The van der Waals surface area contributed by atoms with Crippen LogP contribution in [0.25, 0.3) is 11.1 Å². The fourth-order valence-electron chi connectivity index (χ4n) is 7.86. The van der Waals surface area contributed by atoms with E-state index in [4.69, 9.17) is 48.3 Å². The molecule has 0 N–H and O–H groups in total. The van der Waals surface area contributed by atoms with Crippen LogP contribution in [0.15, 0.2) is 121 Å². The van der Waals surface area contributed by atoms with Crippen LogP contribution in [0.2, 0.25) is 0 Å². The van der Waals surface area contributed by atoms with E-state index < -0.39 is 15.8 Å². The summed E-state index contributed by atoms with van der Waals surface area (Å²) in [6, 6.07) is 43.5. The molecule has 0 amide bonds. The van der Waals surface area contributed by atoms with E-state index in [-0.39, 0.29) is 15.1 Å². The number of nitrogens with zero attached hydrogens (tertiary/aromatic N) is 2. The fourth-order valence-corrected chi connectivity index (χ4v) is 13.6. The van der Waals surface area contributed by atoms with E-state index in [1.54, 1.807) is 28.4 Å². The van der Waals surface area contributed by atoms with Gasteiger partial charge in [-0.15, -0.1) is 0 Å². The molecule has 7 aromatic rings. The minimum atomic E-state index is -1.20. The topological polar surface area (TPSA) is 62.7 Å². The van der Waals surface area contributed by atoms with Crippen LogP contribution in [0.5, 0.6) is 23.5 Å². The van der Waals surface area contributed by atoms with Gasteiger partial charge in [-0.2, -0.15) is 9.97 Å². The van der Waals surface area contributed by atoms with Gasteiger partial charge in [-0.25, -0.2) is 0 Å². The summed E-state index contributed by atoms with van der Waals surface area (Å²) in [5, 5.41) is 6.94. The van der Waals surface area contributed by atoms with Gasteiger partial charge in [0.15, 0.2) is 0 Å². The first kappa shape index (κ1) is 49.7. The molecule has 5 aromatic carbocycles. The molecule has 11 heteroatoms. The molecule has 0 bridgehead atoms. The molecular weight excluding hydrogens is 951 g/mol. The van der Waals surface area contributed by atoms with Crippen molar-refractivity contribution in [3.8, 4) is 34.6 Å². The Morgan fingerprint density at radius 2 is 0.587 bits per heavy atom. The molecule has 7 rings (SSSR count). The van der Waals surface area contributed by atoms with Crippen LogP contribution in [0.4, 0.5) is 0 Å². The van der Waals surface area contributed by atoms with Crippen molar-refractivity contribution in [2.75, 3.05) is 28.4 Å². The maximum Gasteiger partial charge on any atom is -0.0623 e. The Morgan fingerprint density at radius 1 is 0.365 bits per heavy atom. The zero-order valence-corrected chi connectivity index (χ0v) is 43.1. The Kier molecular flexibility index (Phi) is 18.6. The van der Waals surface area contributed by atoms with Crippen molar-refractivity contribution in [2.24, 2.45) is 0 Å². The molecule has 0 spiro atoms. The zero-order valence-electron chi connectivity index (χ0n) is 38.1. The van der Waals surface area contributed by atoms with Crippen molar-refractivity contribution in [3.63, 3.8) is 0 Å². The van der Waals surface area contributed by atoms with Crippen molar-refractivity contribution in [2.45, 2.75) is 55.4 Å². The monoisotopic (exact) mass is 1010 g/mol. The second-order valence-corrected chi connectivity index (χ2v) is 22.4. The van der Waals surface area contributed by atoms with Crippen LogP contribution in [0, 0.1) is 55.4 Å². The molecule has 0 aliphatic rings. The van der Waals surface area contributed by atoms with E-state index in [0.717, 1.165) is 21.7 Å². The summed E-state index contributed by atoms with van der Waals surface area (Å²) < 4.78 is 24.4. The van der Waals surface area contributed by atoms with Gasteiger partial charge in [0, 0.05) is 22.7 Å². The predicted molar refractivity (Wildman–Crippen MR) is 267 cm³/mol. The molecule has 0 saturated heterocycles. The van der Waals surface area contributed by atoms with Crippen molar-refractivity contribution >= 4 is 67.1 Å². The van der Waals surface area contributed by atoms with Crippen LogP contribution in [0.3, 0.4) is 0 Å². The third-order valence-corrected chi connectivity index (χ3v) is 14.7. The molecule has 2 heterocycles. The molecule has 0 atom stereocenters. The van der Waals surface area contributed by atoms with E-state index in [0.29, 0.717) is 23.5 Å². The second kappa shape index (κ2) is 23.6. The van der Waals surface area contributed by atoms with Crippen LogP contribution in [-0.2, 0) is 15.1 Å².